The molecule has 3 rings (SSSR count). The van der Waals surface area contributed by atoms with Gasteiger partial charge in [-0.1, -0.05) is 34.1 Å². The Morgan fingerprint density at radius 1 is 1.18 bits per heavy atom. The number of aryl methyl sites for hydroxylation is 3. The molecule has 1 atom stereocenters. The van der Waals surface area contributed by atoms with Gasteiger partial charge in [-0.05, 0) is 54.5 Å². The SMILES string of the molecule is Cc1ccoc1C(Br)c1ccc2c(c1)CCC2. The fourth-order valence-corrected chi connectivity index (χ4v) is 3.30. The van der Waals surface area contributed by atoms with Crippen LogP contribution in [0.3, 0.4) is 0 Å². The van der Waals surface area contributed by atoms with Crippen LogP contribution in [0, 0.1) is 6.92 Å². The molecule has 0 N–H and O–H groups in total. The summed E-state index contributed by atoms with van der Waals surface area (Å²) >= 11 is 3.74. The molecule has 88 valence electrons. The molecule has 2 aromatic rings. The van der Waals surface area contributed by atoms with Crippen LogP contribution in [0.4, 0.5) is 0 Å². The third kappa shape index (κ3) is 1.95. The van der Waals surface area contributed by atoms with Gasteiger partial charge in [-0.2, -0.15) is 0 Å². The van der Waals surface area contributed by atoms with E-state index >= 15 is 0 Å². The summed E-state index contributed by atoms with van der Waals surface area (Å²) in [6, 6.07) is 8.82. The van der Waals surface area contributed by atoms with E-state index in [4.69, 9.17) is 4.42 Å². The van der Waals surface area contributed by atoms with E-state index < -0.39 is 0 Å². The zero-order valence-corrected chi connectivity index (χ0v) is 11.5. The van der Waals surface area contributed by atoms with E-state index in [2.05, 4.69) is 41.1 Å². The predicted octanol–water partition coefficient (Wildman–Crippen LogP) is 4.56. The van der Waals surface area contributed by atoms with Crippen LogP contribution in [-0.2, 0) is 12.8 Å². The van der Waals surface area contributed by atoms with E-state index in [1.165, 1.54) is 41.5 Å². The first kappa shape index (κ1) is 11.1. The lowest BCUT2D eigenvalue weighted by Gasteiger charge is -2.10. The van der Waals surface area contributed by atoms with E-state index in [-0.39, 0.29) is 4.83 Å². The van der Waals surface area contributed by atoms with Gasteiger partial charge in [-0.3, -0.25) is 0 Å². The van der Waals surface area contributed by atoms with Gasteiger partial charge in [-0.25, -0.2) is 0 Å². The Bertz CT molecular complexity index is 542. The Hall–Kier alpha value is -1.02. The van der Waals surface area contributed by atoms with Crippen LogP contribution in [0.15, 0.2) is 34.9 Å². The van der Waals surface area contributed by atoms with Gasteiger partial charge in [0.15, 0.2) is 0 Å². The first-order valence-electron chi connectivity index (χ1n) is 6.05. The van der Waals surface area contributed by atoms with Gasteiger partial charge in [-0.15, -0.1) is 0 Å². The second-order valence-corrected chi connectivity index (χ2v) is 5.63. The summed E-state index contributed by atoms with van der Waals surface area (Å²) in [5.74, 6) is 1.02. The number of halogens is 1. The highest BCUT2D eigenvalue weighted by Gasteiger charge is 2.18. The fraction of sp³-hybridized carbons (Fsp3) is 0.333. The lowest BCUT2D eigenvalue weighted by molar-refractivity contribution is 0.517. The van der Waals surface area contributed by atoms with Crippen LogP contribution in [0.25, 0.3) is 0 Å². The van der Waals surface area contributed by atoms with Gasteiger partial charge < -0.3 is 4.42 Å². The molecule has 0 saturated heterocycles. The van der Waals surface area contributed by atoms with Crippen molar-refractivity contribution in [1.29, 1.82) is 0 Å². The van der Waals surface area contributed by atoms with Gasteiger partial charge in [0.25, 0.3) is 0 Å². The third-order valence-electron chi connectivity index (χ3n) is 3.55. The van der Waals surface area contributed by atoms with Crippen LogP contribution in [0.5, 0.6) is 0 Å². The van der Waals surface area contributed by atoms with Gasteiger partial charge in [0.05, 0.1) is 11.1 Å². The number of fused-ring (bicyclic) bond motifs is 1. The molecule has 0 amide bonds. The largest absolute Gasteiger partial charge is 0.468 e. The summed E-state index contributed by atoms with van der Waals surface area (Å²) in [7, 11) is 0. The molecular formula is C15H15BrO. The Balaban J connectivity index is 1.97. The van der Waals surface area contributed by atoms with Crippen molar-refractivity contribution in [1.82, 2.24) is 0 Å². The summed E-state index contributed by atoms with van der Waals surface area (Å²) in [4.78, 5) is 0.170. The average Bonchev–Trinajstić information content (AvgIpc) is 2.95. The molecule has 0 aliphatic heterocycles. The Morgan fingerprint density at radius 2 is 2.00 bits per heavy atom. The molecule has 0 fully saturated rings. The lowest BCUT2D eigenvalue weighted by atomic mass is 10.0. The fourth-order valence-electron chi connectivity index (χ4n) is 2.54. The number of benzene rings is 1. The summed E-state index contributed by atoms with van der Waals surface area (Å²) < 4.78 is 5.55. The maximum atomic E-state index is 5.55. The Labute approximate surface area is 110 Å². The molecule has 2 heteroatoms. The first-order valence-corrected chi connectivity index (χ1v) is 6.97. The topological polar surface area (TPSA) is 13.1 Å². The van der Waals surface area contributed by atoms with Crippen molar-refractivity contribution in [2.75, 3.05) is 0 Å². The summed E-state index contributed by atoms with van der Waals surface area (Å²) in [5, 5.41) is 0. The highest BCUT2D eigenvalue weighted by atomic mass is 79.9. The van der Waals surface area contributed by atoms with Crippen molar-refractivity contribution in [3.63, 3.8) is 0 Å². The van der Waals surface area contributed by atoms with Crippen LogP contribution in [0.2, 0.25) is 0 Å². The van der Waals surface area contributed by atoms with Crippen molar-refractivity contribution in [3.05, 3.63) is 58.5 Å². The number of rotatable bonds is 2. The van der Waals surface area contributed by atoms with Crippen LogP contribution >= 0.6 is 15.9 Å². The van der Waals surface area contributed by atoms with Gasteiger partial charge >= 0.3 is 0 Å². The number of hydrogen-bond donors (Lipinski definition) is 0. The van der Waals surface area contributed by atoms with E-state index in [0.29, 0.717) is 0 Å². The minimum atomic E-state index is 0.170. The number of alkyl halides is 1. The predicted molar refractivity (Wildman–Crippen MR) is 72.7 cm³/mol. The number of hydrogen-bond acceptors (Lipinski definition) is 1. The summed E-state index contributed by atoms with van der Waals surface area (Å²) in [6.07, 6.45) is 5.51. The molecule has 0 saturated carbocycles. The normalized spacial score (nSPS) is 15.9. The first-order chi connectivity index (χ1) is 8.25. The molecule has 0 spiro atoms. The maximum absolute atomic E-state index is 5.55. The standard InChI is InChI=1S/C15H15BrO/c1-10-7-8-17-15(10)14(16)13-6-5-11-3-2-4-12(11)9-13/h5-9,14H,2-4H2,1H3. The quantitative estimate of drug-likeness (QED) is 0.739. The van der Waals surface area contributed by atoms with E-state index in [0.717, 1.165) is 5.76 Å². The van der Waals surface area contributed by atoms with Crippen molar-refractivity contribution < 1.29 is 4.42 Å². The highest BCUT2D eigenvalue weighted by Crippen LogP contribution is 2.35. The Kier molecular flexibility index (Phi) is 2.83. The molecular weight excluding hydrogens is 276 g/mol. The second kappa shape index (κ2) is 4.34. The summed E-state index contributed by atoms with van der Waals surface area (Å²) in [5.41, 5.74) is 5.52. The average molecular weight is 291 g/mol. The van der Waals surface area contributed by atoms with Gasteiger partial charge in [0.1, 0.15) is 5.76 Å². The summed E-state index contributed by atoms with van der Waals surface area (Å²) in [6.45, 7) is 2.08. The van der Waals surface area contributed by atoms with E-state index in [1.807, 2.05) is 6.07 Å². The minimum absolute atomic E-state index is 0.170. The van der Waals surface area contributed by atoms with Crippen LogP contribution in [0.1, 0.15) is 39.3 Å². The zero-order chi connectivity index (χ0) is 11.8. The number of furan rings is 1. The molecule has 1 aromatic heterocycles. The van der Waals surface area contributed by atoms with Gasteiger partial charge in [0.2, 0.25) is 0 Å². The smallest absolute Gasteiger partial charge is 0.124 e. The molecule has 1 aliphatic carbocycles. The monoisotopic (exact) mass is 290 g/mol. The van der Waals surface area contributed by atoms with Gasteiger partial charge in [0, 0.05) is 0 Å². The van der Waals surface area contributed by atoms with Crippen LogP contribution < -0.4 is 0 Å². The van der Waals surface area contributed by atoms with Crippen LogP contribution in [-0.4, -0.2) is 0 Å². The minimum Gasteiger partial charge on any atom is -0.468 e. The highest BCUT2D eigenvalue weighted by molar-refractivity contribution is 9.09. The van der Waals surface area contributed by atoms with E-state index in [1.54, 1.807) is 6.26 Å². The van der Waals surface area contributed by atoms with Crippen molar-refractivity contribution in [3.8, 4) is 0 Å². The van der Waals surface area contributed by atoms with Crippen molar-refractivity contribution in [2.24, 2.45) is 0 Å². The zero-order valence-electron chi connectivity index (χ0n) is 9.87. The molecule has 0 bridgehead atoms. The van der Waals surface area contributed by atoms with E-state index in [9.17, 15) is 0 Å². The molecule has 0 radical (unpaired) electrons. The Morgan fingerprint density at radius 3 is 2.76 bits per heavy atom. The second-order valence-electron chi connectivity index (χ2n) is 4.71. The third-order valence-corrected chi connectivity index (χ3v) is 4.49. The molecule has 1 nitrogen and oxygen atoms in total. The lowest BCUT2D eigenvalue weighted by Crippen LogP contribution is -1.95. The maximum Gasteiger partial charge on any atom is 0.124 e. The molecule has 1 unspecified atom stereocenters. The molecule has 1 aliphatic rings. The molecule has 1 heterocycles. The van der Waals surface area contributed by atoms with Crippen molar-refractivity contribution >= 4 is 15.9 Å². The molecule has 17 heavy (non-hydrogen) atoms. The van der Waals surface area contributed by atoms with Crippen molar-refractivity contribution in [2.45, 2.75) is 31.0 Å². The molecule has 1 aromatic carbocycles.